The summed E-state index contributed by atoms with van der Waals surface area (Å²) in [5.74, 6) is 2.33. The molecule has 284 valence electrons. The summed E-state index contributed by atoms with van der Waals surface area (Å²) >= 11 is 0. The maximum Gasteiger partial charge on any atom is 0.272 e. The number of piperidine rings is 1. The minimum absolute atomic E-state index is 0.0910. The second-order valence-corrected chi connectivity index (χ2v) is 17.6. The summed E-state index contributed by atoms with van der Waals surface area (Å²) < 4.78 is 8.15. The van der Waals surface area contributed by atoms with E-state index >= 15 is 0 Å². The summed E-state index contributed by atoms with van der Waals surface area (Å²) in [6.45, 7) is 10.6. The number of carbonyl (C=O) groups is 2. The number of rotatable bonds is 12. The molecule has 3 aromatic rings. The number of methoxy groups -OCH3 is 1. The molecular weight excluding hydrogens is 647 g/mol. The summed E-state index contributed by atoms with van der Waals surface area (Å²) in [5, 5.41) is 4.40. The Hall–Kier alpha value is -3.20. The van der Waals surface area contributed by atoms with E-state index in [-0.39, 0.29) is 17.4 Å². The van der Waals surface area contributed by atoms with Gasteiger partial charge in [-0.3, -0.25) is 19.4 Å². The van der Waals surface area contributed by atoms with E-state index in [4.69, 9.17) is 4.74 Å². The van der Waals surface area contributed by atoms with Gasteiger partial charge in [0.05, 0.1) is 24.4 Å². The first-order valence-electron chi connectivity index (χ1n) is 20.0. The zero-order valence-electron chi connectivity index (χ0n) is 33.4. The molecule has 52 heavy (non-hydrogen) atoms. The highest BCUT2D eigenvalue weighted by molar-refractivity contribution is 6.07. The van der Waals surface area contributed by atoms with Crippen molar-refractivity contribution in [3.63, 3.8) is 0 Å². The van der Waals surface area contributed by atoms with Gasteiger partial charge in [-0.15, -0.1) is 0 Å². The van der Waals surface area contributed by atoms with Crippen molar-refractivity contribution in [2.45, 2.75) is 115 Å². The molecule has 2 saturated heterocycles. The van der Waals surface area contributed by atoms with E-state index in [1.54, 1.807) is 7.11 Å². The molecule has 3 heterocycles. The molecule has 8 heteroatoms. The third kappa shape index (κ3) is 8.77. The highest BCUT2D eigenvalue weighted by Gasteiger charge is 2.31. The quantitative estimate of drug-likeness (QED) is 0.205. The van der Waals surface area contributed by atoms with Gasteiger partial charge in [-0.05, 0) is 126 Å². The molecule has 0 radical (unpaired) electrons. The van der Waals surface area contributed by atoms with E-state index in [2.05, 4.69) is 96.8 Å². The van der Waals surface area contributed by atoms with E-state index in [1.165, 1.54) is 49.7 Å². The Morgan fingerprint density at radius 1 is 0.923 bits per heavy atom. The van der Waals surface area contributed by atoms with Crippen LogP contribution >= 0.6 is 0 Å². The third-order valence-electron chi connectivity index (χ3n) is 12.6. The number of likely N-dealkylation sites (N-methyl/N-ethyl adjacent to an activating group) is 2. The van der Waals surface area contributed by atoms with Gasteiger partial charge in [0.25, 0.3) is 5.91 Å². The molecule has 6 rings (SSSR count). The van der Waals surface area contributed by atoms with Gasteiger partial charge in [0.15, 0.2) is 0 Å². The first-order chi connectivity index (χ1) is 24.8. The van der Waals surface area contributed by atoms with Crippen molar-refractivity contribution in [1.29, 1.82) is 0 Å². The van der Waals surface area contributed by atoms with Crippen molar-refractivity contribution in [3.05, 3.63) is 58.8 Å². The van der Waals surface area contributed by atoms with E-state index < -0.39 is 0 Å². The van der Waals surface area contributed by atoms with Crippen molar-refractivity contribution >= 4 is 28.3 Å². The SMILES string of the molecule is COc1c(CN2CCCC(N(C)C)C2)cc(C(C)(C)C)cc1NC(=O)c1cc2cccc(CCC3CCC(CC(=O)[C@@H]4CCCN4C)CC3)c2n1C. The number of Topliss-reactive ketones (excluding diaryl/α,β-unsaturated/α-hetero) is 1. The molecule has 1 saturated carbocycles. The average molecular weight is 712 g/mol. The molecule has 3 aliphatic rings. The van der Waals surface area contributed by atoms with E-state index in [9.17, 15) is 9.59 Å². The van der Waals surface area contributed by atoms with Gasteiger partial charge in [0, 0.05) is 43.5 Å². The lowest BCUT2D eigenvalue weighted by molar-refractivity contribution is -0.124. The zero-order valence-corrected chi connectivity index (χ0v) is 33.4. The van der Waals surface area contributed by atoms with Crippen molar-refractivity contribution in [3.8, 4) is 5.75 Å². The lowest BCUT2D eigenvalue weighted by Crippen LogP contribution is -2.44. The molecule has 1 N–H and O–H groups in total. The predicted molar refractivity (Wildman–Crippen MR) is 214 cm³/mol. The third-order valence-corrected chi connectivity index (χ3v) is 12.6. The minimum Gasteiger partial charge on any atom is -0.494 e. The molecule has 2 aromatic carbocycles. The normalized spacial score (nSPS) is 23.4. The van der Waals surface area contributed by atoms with Crippen LogP contribution in [0.4, 0.5) is 5.69 Å². The topological polar surface area (TPSA) is 70.1 Å². The Kier molecular flexibility index (Phi) is 12.2. The van der Waals surface area contributed by atoms with Gasteiger partial charge in [-0.1, -0.05) is 57.9 Å². The number of amides is 1. The fraction of sp³-hybridized carbons (Fsp3) is 0.636. The maximum absolute atomic E-state index is 14.1. The number of aromatic nitrogens is 1. The average Bonchev–Trinajstić information content (AvgIpc) is 3.70. The number of hydrogen-bond donors (Lipinski definition) is 1. The lowest BCUT2D eigenvalue weighted by Gasteiger charge is -2.36. The number of fused-ring (bicyclic) bond motifs is 1. The lowest BCUT2D eigenvalue weighted by atomic mass is 9.77. The van der Waals surface area contributed by atoms with Crippen LogP contribution < -0.4 is 10.1 Å². The highest BCUT2D eigenvalue weighted by Crippen LogP contribution is 2.38. The molecule has 8 nitrogen and oxygen atoms in total. The number of carbonyl (C=O) groups excluding carboxylic acids is 2. The number of anilines is 1. The monoisotopic (exact) mass is 712 g/mol. The standard InChI is InChI=1S/C44H65N5O3/c1-44(2,3)35-25-34(28-49-23-10-14-36(29-49)46(4)5)42(52-8)37(27-35)45-43(51)39-26-33-13-9-12-32(41(33)48(39)7)21-20-30-16-18-31(19-17-30)24-40(50)38-15-11-22-47(38)6/h9,12-13,25-27,30-31,36,38H,10-11,14-24,28-29H2,1-8H3,(H,45,51)/t30?,31?,36?,38-/m0/s1. The van der Waals surface area contributed by atoms with Crippen molar-refractivity contribution in [2.75, 3.05) is 53.2 Å². The number of ether oxygens (including phenoxy) is 1. The number of benzene rings is 2. The smallest absolute Gasteiger partial charge is 0.272 e. The molecule has 2 aliphatic heterocycles. The van der Waals surface area contributed by atoms with E-state index in [0.29, 0.717) is 29.4 Å². The van der Waals surface area contributed by atoms with Crippen LogP contribution in [0.2, 0.25) is 0 Å². The van der Waals surface area contributed by atoms with E-state index in [1.807, 2.05) is 13.1 Å². The molecule has 0 bridgehead atoms. The van der Waals surface area contributed by atoms with Gasteiger partial charge in [0.2, 0.25) is 0 Å². The second kappa shape index (κ2) is 16.4. The number of nitrogens with zero attached hydrogens (tertiary/aromatic N) is 4. The summed E-state index contributed by atoms with van der Waals surface area (Å²) in [4.78, 5) is 34.2. The largest absolute Gasteiger partial charge is 0.494 e. The fourth-order valence-corrected chi connectivity index (χ4v) is 9.34. The number of nitrogens with one attached hydrogen (secondary N) is 1. The Morgan fingerprint density at radius 3 is 2.33 bits per heavy atom. The van der Waals surface area contributed by atoms with Crippen molar-refractivity contribution < 1.29 is 14.3 Å². The van der Waals surface area contributed by atoms with Crippen LogP contribution in [-0.2, 0) is 30.2 Å². The van der Waals surface area contributed by atoms with Crippen molar-refractivity contribution in [1.82, 2.24) is 19.3 Å². The molecule has 1 unspecified atom stereocenters. The number of likely N-dealkylation sites (tertiary alicyclic amines) is 2. The van der Waals surface area contributed by atoms with Crippen LogP contribution in [0.15, 0.2) is 36.4 Å². The van der Waals surface area contributed by atoms with Gasteiger partial charge in [-0.2, -0.15) is 0 Å². The summed E-state index contributed by atoms with van der Waals surface area (Å²) in [5.41, 5.74) is 6.03. The number of ketones is 1. The molecule has 1 aromatic heterocycles. The molecular formula is C44H65N5O3. The van der Waals surface area contributed by atoms with Gasteiger partial charge in [0.1, 0.15) is 17.2 Å². The molecule has 1 aliphatic carbocycles. The van der Waals surface area contributed by atoms with Crippen LogP contribution in [0.5, 0.6) is 5.75 Å². The Labute approximate surface area is 313 Å². The second-order valence-electron chi connectivity index (χ2n) is 17.6. The predicted octanol–water partition coefficient (Wildman–Crippen LogP) is 8.06. The zero-order chi connectivity index (χ0) is 37.2. The minimum atomic E-state index is -0.123. The molecule has 3 fully saturated rings. The van der Waals surface area contributed by atoms with Crippen LogP contribution in [0, 0.1) is 11.8 Å². The maximum atomic E-state index is 14.1. The Balaban J connectivity index is 1.14. The summed E-state index contributed by atoms with van der Waals surface area (Å²) in [6.07, 6.45) is 12.2. The van der Waals surface area contributed by atoms with Gasteiger partial charge < -0.3 is 19.5 Å². The van der Waals surface area contributed by atoms with Crippen LogP contribution in [0.3, 0.4) is 0 Å². The molecule has 2 atom stereocenters. The molecule has 1 amide bonds. The first-order valence-corrected chi connectivity index (χ1v) is 20.0. The highest BCUT2D eigenvalue weighted by atomic mass is 16.5. The van der Waals surface area contributed by atoms with Crippen LogP contribution in [-0.4, -0.2) is 90.9 Å². The number of para-hydroxylation sites is 1. The number of aryl methyl sites for hydroxylation is 2. The van der Waals surface area contributed by atoms with Gasteiger partial charge in [-0.25, -0.2) is 0 Å². The fourth-order valence-electron chi connectivity index (χ4n) is 9.34. The Bertz CT molecular complexity index is 1710. The van der Waals surface area contributed by atoms with Gasteiger partial charge >= 0.3 is 0 Å². The van der Waals surface area contributed by atoms with Crippen LogP contribution in [0.25, 0.3) is 10.9 Å². The van der Waals surface area contributed by atoms with Crippen LogP contribution in [0.1, 0.15) is 112 Å². The van der Waals surface area contributed by atoms with E-state index in [0.717, 1.165) is 86.2 Å². The van der Waals surface area contributed by atoms with Crippen molar-refractivity contribution in [2.24, 2.45) is 18.9 Å². The first kappa shape index (κ1) is 38.5. The summed E-state index contributed by atoms with van der Waals surface area (Å²) in [6, 6.07) is 13.6. The summed E-state index contributed by atoms with van der Waals surface area (Å²) in [7, 11) is 10.2. The Morgan fingerprint density at radius 2 is 1.65 bits per heavy atom. The number of hydrogen-bond acceptors (Lipinski definition) is 6. The molecule has 0 spiro atoms.